The SMILES string of the molecule is COC(=O)CN.COc1ccc(/C=C\c2cc(OC)c(OC)c(OC)c2)cc1OP(=O)([O-])O. The van der Waals surface area contributed by atoms with Crippen LogP contribution < -0.4 is 34.1 Å². The van der Waals surface area contributed by atoms with Crippen molar-refractivity contribution in [1.82, 2.24) is 0 Å². The highest BCUT2D eigenvalue weighted by Crippen LogP contribution is 2.40. The molecule has 0 spiro atoms. The highest BCUT2D eigenvalue weighted by atomic mass is 31.2. The van der Waals surface area contributed by atoms with Gasteiger partial charge in [0, 0.05) is 0 Å². The van der Waals surface area contributed by atoms with Gasteiger partial charge in [0.1, 0.15) is 0 Å². The summed E-state index contributed by atoms with van der Waals surface area (Å²) in [5.41, 5.74) is 6.19. The van der Waals surface area contributed by atoms with E-state index in [4.69, 9.17) is 29.6 Å². The summed E-state index contributed by atoms with van der Waals surface area (Å²) >= 11 is 0. The van der Waals surface area contributed by atoms with Crippen LogP contribution in [0.2, 0.25) is 0 Å². The highest BCUT2D eigenvalue weighted by molar-refractivity contribution is 7.45. The molecule has 0 heterocycles. The molecule has 0 aliphatic heterocycles. The highest BCUT2D eigenvalue weighted by Gasteiger charge is 2.13. The van der Waals surface area contributed by atoms with E-state index in [9.17, 15) is 14.3 Å². The van der Waals surface area contributed by atoms with Crippen LogP contribution in [0.15, 0.2) is 30.3 Å². The van der Waals surface area contributed by atoms with Gasteiger partial charge in [0.05, 0.1) is 42.1 Å². The van der Waals surface area contributed by atoms with Crippen LogP contribution in [0.3, 0.4) is 0 Å². The van der Waals surface area contributed by atoms with Crippen molar-refractivity contribution in [2.45, 2.75) is 0 Å². The normalized spacial score (nSPS) is 12.1. The molecule has 0 aliphatic carbocycles. The Labute approximate surface area is 191 Å². The van der Waals surface area contributed by atoms with Gasteiger partial charge >= 0.3 is 13.8 Å². The van der Waals surface area contributed by atoms with Crippen LogP contribution >= 0.6 is 7.82 Å². The molecule has 2 rings (SSSR count). The van der Waals surface area contributed by atoms with Crippen molar-refractivity contribution in [2.24, 2.45) is 5.73 Å². The average Bonchev–Trinajstić information content (AvgIpc) is 2.80. The molecule has 182 valence electrons. The van der Waals surface area contributed by atoms with E-state index in [0.29, 0.717) is 22.8 Å². The van der Waals surface area contributed by atoms with E-state index in [1.54, 1.807) is 30.4 Å². The lowest BCUT2D eigenvalue weighted by Gasteiger charge is -2.18. The quantitative estimate of drug-likeness (QED) is 0.304. The molecule has 0 saturated heterocycles. The van der Waals surface area contributed by atoms with Crippen LogP contribution in [0, 0.1) is 0 Å². The molecule has 0 aliphatic rings. The fraction of sp³-hybridized carbons (Fsp3) is 0.286. The molecule has 1 atom stereocenters. The molecule has 0 saturated carbocycles. The number of ether oxygens (including phenoxy) is 5. The van der Waals surface area contributed by atoms with Gasteiger partial charge in [-0.15, -0.1) is 0 Å². The third-order valence-corrected chi connectivity index (χ3v) is 4.38. The summed E-state index contributed by atoms with van der Waals surface area (Å²) in [7, 11) is 2.27. The summed E-state index contributed by atoms with van der Waals surface area (Å²) in [6.45, 7) is -0.0312. The molecule has 2 aromatic carbocycles. The Hall–Kier alpha value is -3.24. The number of hydrogen-bond acceptors (Lipinski definition) is 10. The summed E-state index contributed by atoms with van der Waals surface area (Å²) in [5, 5.41) is 0. The minimum atomic E-state index is -4.96. The maximum atomic E-state index is 11.0. The van der Waals surface area contributed by atoms with E-state index in [1.807, 2.05) is 0 Å². The van der Waals surface area contributed by atoms with Crippen molar-refractivity contribution in [2.75, 3.05) is 42.1 Å². The largest absolute Gasteiger partial charge is 0.746 e. The van der Waals surface area contributed by atoms with E-state index in [0.717, 1.165) is 5.56 Å². The second-order valence-corrected chi connectivity index (χ2v) is 7.16. The van der Waals surface area contributed by atoms with E-state index in [-0.39, 0.29) is 24.0 Å². The second kappa shape index (κ2) is 13.3. The Morgan fingerprint density at radius 2 is 1.42 bits per heavy atom. The first kappa shape index (κ1) is 27.8. The predicted molar refractivity (Wildman–Crippen MR) is 120 cm³/mol. The molecule has 2 aromatic rings. The molecule has 0 amide bonds. The lowest BCUT2D eigenvalue weighted by Crippen LogP contribution is -2.14. The summed E-state index contributed by atoms with van der Waals surface area (Å²) in [6, 6.07) is 8.18. The van der Waals surface area contributed by atoms with Gasteiger partial charge < -0.3 is 43.7 Å². The van der Waals surface area contributed by atoms with Crippen LogP contribution in [0.1, 0.15) is 11.1 Å². The lowest BCUT2D eigenvalue weighted by molar-refractivity contribution is -0.211. The maximum Gasteiger partial charge on any atom is 0.319 e. The number of phosphoric acid groups is 1. The number of methoxy groups -OCH3 is 5. The van der Waals surface area contributed by atoms with Gasteiger partial charge in [0.2, 0.25) is 5.75 Å². The zero-order valence-electron chi connectivity index (χ0n) is 18.9. The Morgan fingerprint density at radius 1 is 0.909 bits per heavy atom. The number of hydrogen-bond donors (Lipinski definition) is 2. The van der Waals surface area contributed by atoms with Crippen molar-refractivity contribution < 1.29 is 47.4 Å². The molecule has 0 aromatic heterocycles. The van der Waals surface area contributed by atoms with Crippen molar-refractivity contribution in [1.29, 1.82) is 0 Å². The van der Waals surface area contributed by atoms with Crippen LogP contribution in [0.4, 0.5) is 0 Å². The van der Waals surface area contributed by atoms with Gasteiger partial charge in [-0.25, -0.2) is 0 Å². The number of rotatable bonds is 9. The lowest BCUT2D eigenvalue weighted by atomic mass is 10.1. The van der Waals surface area contributed by atoms with Crippen molar-refractivity contribution in [3.63, 3.8) is 0 Å². The molecule has 1 unspecified atom stereocenters. The number of benzene rings is 2. The zero-order valence-corrected chi connectivity index (χ0v) is 19.8. The van der Waals surface area contributed by atoms with Gasteiger partial charge in [-0.05, 0) is 35.4 Å². The van der Waals surface area contributed by atoms with E-state index >= 15 is 0 Å². The summed E-state index contributed by atoms with van der Waals surface area (Å²) in [4.78, 5) is 29.8. The number of carbonyl (C=O) groups excluding carboxylic acids is 1. The van der Waals surface area contributed by atoms with E-state index in [1.165, 1.54) is 47.7 Å². The molecular formula is C21H27NO10P-. The smallest absolute Gasteiger partial charge is 0.319 e. The average molecular weight is 484 g/mol. The van der Waals surface area contributed by atoms with Gasteiger partial charge in [-0.2, -0.15) is 0 Å². The van der Waals surface area contributed by atoms with Crippen LogP contribution in [-0.4, -0.2) is 53.0 Å². The minimum absolute atomic E-state index is 0.0312. The standard InChI is InChI=1S/C18H21O8P.C3H7NO2/c1-22-14-8-7-12(9-15(14)26-27(19,20)21)5-6-13-10-16(23-2)18(25-4)17(11-13)24-3;1-6-3(5)2-4/h5-11H,1-4H3,(H2,19,20,21);2,4H2,1H3/p-1/b6-5-;. The molecule has 11 nitrogen and oxygen atoms in total. The molecule has 0 radical (unpaired) electrons. The van der Waals surface area contributed by atoms with Crippen LogP contribution in [0.25, 0.3) is 12.2 Å². The molecule has 33 heavy (non-hydrogen) atoms. The van der Waals surface area contributed by atoms with Gasteiger partial charge in [-0.3, -0.25) is 9.36 Å². The number of nitrogens with two attached hydrogens (primary N) is 1. The maximum absolute atomic E-state index is 11.0. The van der Waals surface area contributed by atoms with E-state index in [2.05, 4.69) is 9.26 Å². The third-order valence-electron chi connectivity index (χ3n) is 3.95. The first-order valence-corrected chi connectivity index (χ1v) is 10.8. The van der Waals surface area contributed by atoms with Crippen molar-refractivity contribution in [3.05, 3.63) is 41.5 Å². The second-order valence-electron chi connectivity index (χ2n) is 6.04. The number of carbonyl (C=O) groups is 1. The first-order chi connectivity index (χ1) is 15.6. The number of phosphoric ester groups is 1. The van der Waals surface area contributed by atoms with Crippen LogP contribution in [0.5, 0.6) is 28.7 Å². The van der Waals surface area contributed by atoms with Crippen molar-refractivity contribution >= 4 is 25.9 Å². The number of esters is 1. The fourth-order valence-corrected chi connectivity index (χ4v) is 2.86. The third kappa shape index (κ3) is 9.03. The Kier molecular flexibility index (Phi) is 11.2. The van der Waals surface area contributed by atoms with Crippen LogP contribution in [-0.2, 0) is 14.1 Å². The Bertz CT molecular complexity index is 972. The molecule has 0 fully saturated rings. The summed E-state index contributed by atoms with van der Waals surface area (Å²) in [6.07, 6.45) is 3.49. The van der Waals surface area contributed by atoms with Gasteiger partial charge in [0.25, 0.3) is 0 Å². The van der Waals surface area contributed by atoms with Crippen molar-refractivity contribution in [3.8, 4) is 28.7 Å². The summed E-state index contributed by atoms with van der Waals surface area (Å²) < 4.78 is 40.6. The predicted octanol–water partition coefficient (Wildman–Crippen LogP) is 1.85. The van der Waals surface area contributed by atoms with Gasteiger partial charge in [-0.1, -0.05) is 18.2 Å². The molecule has 0 bridgehead atoms. The molecule has 12 heteroatoms. The molecular weight excluding hydrogens is 457 g/mol. The monoisotopic (exact) mass is 484 g/mol. The molecule has 3 N–H and O–H groups in total. The Balaban J connectivity index is 0.000000801. The Morgan fingerprint density at radius 3 is 1.82 bits per heavy atom. The topological polar surface area (TPSA) is 159 Å². The summed E-state index contributed by atoms with van der Waals surface area (Å²) in [5.74, 6) is 1.16. The zero-order chi connectivity index (χ0) is 25.0. The minimum Gasteiger partial charge on any atom is -0.746 e. The fourth-order valence-electron chi connectivity index (χ4n) is 2.47. The van der Waals surface area contributed by atoms with E-state index < -0.39 is 7.82 Å². The first-order valence-electron chi connectivity index (χ1n) is 9.28. The van der Waals surface area contributed by atoms with Gasteiger partial charge in [0.15, 0.2) is 23.0 Å².